The SMILES string of the molecule is CC(NC(=O)C(=O)NCC#N)c1ncn[nH]1. The second-order valence-corrected chi connectivity index (χ2v) is 2.91. The highest BCUT2D eigenvalue weighted by molar-refractivity contribution is 6.35. The molecule has 16 heavy (non-hydrogen) atoms. The fraction of sp³-hybridized carbons (Fsp3) is 0.375. The van der Waals surface area contributed by atoms with Gasteiger partial charge in [0, 0.05) is 0 Å². The highest BCUT2D eigenvalue weighted by Crippen LogP contribution is 2.02. The molecule has 3 N–H and O–H groups in total. The van der Waals surface area contributed by atoms with Crippen molar-refractivity contribution in [2.45, 2.75) is 13.0 Å². The number of aromatic nitrogens is 3. The lowest BCUT2D eigenvalue weighted by molar-refractivity contribution is -0.139. The number of carbonyl (C=O) groups excluding carboxylic acids is 2. The first kappa shape index (κ1) is 11.6. The number of nitrogens with zero attached hydrogens (tertiary/aromatic N) is 3. The van der Waals surface area contributed by atoms with Crippen molar-refractivity contribution in [3.63, 3.8) is 0 Å². The molecule has 0 saturated carbocycles. The Morgan fingerprint density at radius 2 is 2.38 bits per heavy atom. The number of hydrogen-bond donors (Lipinski definition) is 3. The first-order valence-electron chi connectivity index (χ1n) is 4.46. The third kappa shape index (κ3) is 3.06. The lowest BCUT2D eigenvalue weighted by Crippen LogP contribution is -2.41. The van der Waals surface area contributed by atoms with Gasteiger partial charge in [0.1, 0.15) is 18.7 Å². The monoisotopic (exact) mass is 222 g/mol. The van der Waals surface area contributed by atoms with Crippen LogP contribution in [0.1, 0.15) is 18.8 Å². The van der Waals surface area contributed by atoms with Crippen molar-refractivity contribution in [1.29, 1.82) is 5.26 Å². The highest BCUT2D eigenvalue weighted by Gasteiger charge is 2.17. The summed E-state index contributed by atoms with van der Waals surface area (Å²) in [6.07, 6.45) is 1.30. The summed E-state index contributed by atoms with van der Waals surface area (Å²) in [5.74, 6) is -1.23. The minimum Gasteiger partial charge on any atom is -0.338 e. The van der Waals surface area contributed by atoms with E-state index in [2.05, 4.69) is 25.8 Å². The Labute approximate surface area is 91.1 Å². The van der Waals surface area contributed by atoms with Crippen LogP contribution in [0.4, 0.5) is 0 Å². The van der Waals surface area contributed by atoms with Crippen molar-refractivity contribution in [2.75, 3.05) is 6.54 Å². The number of rotatable bonds is 3. The number of amides is 2. The normalized spacial score (nSPS) is 11.2. The van der Waals surface area contributed by atoms with Crippen molar-refractivity contribution in [3.05, 3.63) is 12.2 Å². The summed E-state index contributed by atoms with van der Waals surface area (Å²) in [6.45, 7) is 1.44. The average molecular weight is 222 g/mol. The summed E-state index contributed by atoms with van der Waals surface area (Å²) in [7, 11) is 0. The number of aromatic amines is 1. The van der Waals surface area contributed by atoms with E-state index >= 15 is 0 Å². The quantitative estimate of drug-likeness (QED) is 0.429. The van der Waals surface area contributed by atoms with Crippen LogP contribution in [0.15, 0.2) is 6.33 Å². The van der Waals surface area contributed by atoms with E-state index in [4.69, 9.17) is 5.26 Å². The molecule has 1 heterocycles. The highest BCUT2D eigenvalue weighted by atomic mass is 16.2. The second kappa shape index (κ2) is 5.45. The third-order valence-electron chi connectivity index (χ3n) is 1.73. The van der Waals surface area contributed by atoms with Gasteiger partial charge in [0.15, 0.2) is 0 Å². The van der Waals surface area contributed by atoms with E-state index in [0.717, 1.165) is 0 Å². The molecule has 1 aromatic rings. The predicted octanol–water partition coefficient (Wildman–Crippen LogP) is -1.38. The zero-order chi connectivity index (χ0) is 12.0. The van der Waals surface area contributed by atoms with E-state index in [-0.39, 0.29) is 6.54 Å². The van der Waals surface area contributed by atoms with Crippen LogP contribution in [0.25, 0.3) is 0 Å². The van der Waals surface area contributed by atoms with E-state index in [1.54, 1.807) is 13.0 Å². The van der Waals surface area contributed by atoms with Gasteiger partial charge in [-0.05, 0) is 6.92 Å². The van der Waals surface area contributed by atoms with Crippen LogP contribution in [0.2, 0.25) is 0 Å². The number of nitriles is 1. The van der Waals surface area contributed by atoms with Gasteiger partial charge in [-0.15, -0.1) is 0 Å². The maximum Gasteiger partial charge on any atom is 0.310 e. The maximum atomic E-state index is 11.3. The lowest BCUT2D eigenvalue weighted by atomic mass is 10.3. The molecule has 8 nitrogen and oxygen atoms in total. The Morgan fingerprint density at radius 3 is 2.94 bits per heavy atom. The van der Waals surface area contributed by atoms with Crippen LogP contribution in [0.5, 0.6) is 0 Å². The molecular formula is C8H10N6O2. The Morgan fingerprint density at radius 1 is 1.62 bits per heavy atom. The minimum atomic E-state index is -0.854. The van der Waals surface area contributed by atoms with Crippen molar-refractivity contribution in [3.8, 4) is 6.07 Å². The van der Waals surface area contributed by atoms with Gasteiger partial charge in [-0.1, -0.05) is 0 Å². The van der Waals surface area contributed by atoms with Crippen LogP contribution < -0.4 is 10.6 Å². The molecule has 0 aliphatic carbocycles. The van der Waals surface area contributed by atoms with E-state index in [0.29, 0.717) is 5.82 Å². The molecule has 0 spiro atoms. The fourth-order valence-corrected chi connectivity index (χ4v) is 0.954. The van der Waals surface area contributed by atoms with Crippen LogP contribution in [0.3, 0.4) is 0 Å². The van der Waals surface area contributed by atoms with Gasteiger partial charge in [-0.2, -0.15) is 10.4 Å². The summed E-state index contributed by atoms with van der Waals surface area (Å²) in [4.78, 5) is 26.2. The summed E-state index contributed by atoms with van der Waals surface area (Å²) < 4.78 is 0. The average Bonchev–Trinajstić information content (AvgIpc) is 2.79. The van der Waals surface area contributed by atoms with Gasteiger partial charge in [-0.25, -0.2) is 4.98 Å². The smallest absolute Gasteiger partial charge is 0.310 e. The Kier molecular flexibility index (Phi) is 3.97. The molecule has 0 saturated heterocycles. The largest absolute Gasteiger partial charge is 0.338 e. The van der Waals surface area contributed by atoms with Crippen molar-refractivity contribution in [2.24, 2.45) is 0 Å². The summed E-state index contributed by atoms with van der Waals surface area (Å²) in [5.41, 5.74) is 0. The third-order valence-corrected chi connectivity index (χ3v) is 1.73. The number of carbonyl (C=O) groups is 2. The summed E-state index contributed by atoms with van der Waals surface area (Å²) in [5, 5.41) is 18.9. The van der Waals surface area contributed by atoms with Crippen LogP contribution in [0, 0.1) is 11.3 Å². The molecule has 0 bridgehead atoms. The molecule has 0 aliphatic rings. The first-order chi connectivity index (χ1) is 7.65. The van der Waals surface area contributed by atoms with E-state index in [1.165, 1.54) is 6.33 Å². The van der Waals surface area contributed by atoms with E-state index < -0.39 is 17.9 Å². The number of hydrogen-bond acceptors (Lipinski definition) is 5. The molecule has 84 valence electrons. The zero-order valence-electron chi connectivity index (χ0n) is 8.52. The molecule has 1 rings (SSSR count). The Bertz CT molecular complexity index is 407. The molecule has 0 fully saturated rings. The standard InChI is InChI=1S/C8H10N6O2/c1-5(6-11-4-12-14-6)13-8(16)7(15)10-3-2-9/h4-5H,3H2,1H3,(H,10,15)(H,13,16)(H,11,12,14). The van der Waals surface area contributed by atoms with Gasteiger partial charge >= 0.3 is 11.8 Å². The van der Waals surface area contributed by atoms with Gasteiger partial charge in [0.25, 0.3) is 0 Å². The molecule has 1 unspecified atom stereocenters. The van der Waals surface area contributed by atoms with Gasteiger partial charge < -0.3 is 10.6 Å². The topological polar surface area (TPSA) is 124 Å². The zero-order valence-corrected chi connectivity index (χ0v) is 8.52. The minimum absolute atomic E-state index is 0.205. The molecule has 2 amide bonds. The maximum absolute atomic E-state index is 11.3. The summed E-state index contributed by atoms with van der Waals surface area (Å²) in [6, 6.07) is 1.24. The fourth-order valence-electron chi connectivity index (χ4n) is 0.954. The van der Waals surface area contributed by atoms with Crippen LogP contribution in [-0.4, -0.2) is 33.5 Å². The number of H-pyrrole nitrogens is 1. The van der Waals surface area contributed by atoms with Crippen LogP contribution in [-0.2, 0) is 9.59 Å². The predicted molar refractivity (Wildman–Crippen MR) is 51.6 cm³/mol. The Hall–Kier alpha value is -2.43. The molecular weight excluding hydrogens is 212 g/mol. The van der Waals surface area contributed by atoms with Gasteiger partial charge in [-0.3, -0.25) is 14.7 Å². The second-order valence-electron chi connectivity index (χ2n) is 2.91. The van der Waals surface area contributed by atoms with E-state index in [9.17, 15) is 9.59 Å². The van der Waals surface area contributed by atoms with Crippen LogP contribution >= 0.6 is 0 Å². The molecule has 0 aliphatic heterocycles. The van der Waals surface area contributed by atoms with Crippen molar-refractivity contribution in [1.82, 2.24) is 25.8 Å². The number of nitrogens with one attached hydrogen (secondary N) is 3. The van der Waals surface area contributed by atoms with Crippen molar-refractivity contribution >= 4 is 11.8 Å². The molecule has 0 radical (unpaired) electrons. The summed E-state index contributed by atoms with van der Waals surface area (Å²) >= 11 is 0. The molecule has 1 aromatic heterocycles. The molecule has 8 heteroatoms. The van der Waals surface area contributed by atoms with E-state index in [1.807, 2.05) is 0 Å². The first-order valence-corrected chi connectivity index (χ1v) is 4.46. The lowest BCUT2D eigenvalue weighted by Gasteiger charge is -2.09. The Balaban J connectivity index is 2.46. The van der Waals surface area contributed by atoms with Crippen molar-refractivity contribution < 1.29 is 9.59 Å². The molecule has 1 atom stereocenters. The molecule has 0 aromatic carbocycles. The van der Waals surface area contributed by atoms with Gasteiger partial charge in [0.05, 0.1) is 12.1 Å². The van der Waals surface area contributed by atoms with Gasteiger partial charge in [0.2, 0.25) is 0 Å².